The Morgan fingerprint density at radius 1 is 1.00 bits per heavy atom. The maximum Gasteiger partial charge on any atom is 0.257 e. The molecule has 0 saturated heterocycles. The Bertz CT molecular complexity index is 701. The van der Waals surface area contributed by atoms with Gasteiger partial charge in [0.15, 0.2) is 5.13 Å². The zero-order valence-corrected chi connectivity index (χ0v) is 16.8. The lowest BCUT2D eigenvalue weighted by atomic mass is 10.1. The third-order valence-electron chi connectivity index (χ3n) is 4.32. The van der Waals surface area contributed by atoms with Gasteiger partial charge in [0.25, 0.3) is 5.91 Å². The van der Waals surface area contributed by atoms with Crippen LogP contribution in [0.4, 0.5) is 10.8 Å². The van der Waals surface area contributed by atoms with Crippen LogP contribution in [0.2, 0.25) is 0 Å². The van der Waals surface area contributed by atoms with Crippen LogP contribution in [-0.4, -0.2) is 16.8 Å². The van der Waals surface area contributed by atoms with Crippen molar-refractivity contribution in [3.05, 3.63) is 41.4 Å². The van der Waals surface area contributed by atoms with Crippen LogP contribution in [0.3, 0.4) is 0 Å². The smallest absolute Gasteiger partial charge is 0.257 e. The van der Waals surface area contributed by atoms with E-state index in [2.05, 4.69) is 22.5 Å². The lowest BCUT2D eigenvalue weighted by Crippen LogP contribution is -2.14. The molecular weight excluding hydrogens is 358 g/mol. The second-order valence-electron chi connectivity index (χ2n) is 6.65. The molecule has 2 aromatic rings. The largest absolute Gasteiger partial charge is 0.326 e. The van der Waals surface area contributed by atoms with E-state index in [4.69, 9.17) is 0 Å². The predicted octanol–water partition coefficient (Wildman–Crippen LogP) is 5.86. The molecule has 1 aromatic carbocycles. The van der Waals surface area contributed by atoms with Crippen molar-refractivity contribution in [2.75, 3.05) is 10.6 Å². The first-order chi connectivity index (χ1) is 13.2. The molecule has 146 valence electrons. The summed E-state index contributed by atoms with van der Waals surface area (Å²) in [5.74, 6) is -0.234. The number of amides is 2. The Kier molecular flexibility index (Phi) is 9.55. The number of hydrogen-bond donors (Lipinski definition) is 2. The Balaban J connectivity index is 1.69. The van der Waals surface area contributed by atoms with E-state index >= 15 is 0 Å². The van der Waals surface area contributed by atoms with Gasteiger partial charge >= 0.3 is 0 Å². The third-order valence-corrected chi connectivity index (χ3v) is 5.01. The summed E-state index contributed by atoms with van der Waals surface area (Å²) in [6.45, 7) is 2.22. The number of hydrogen-bond acceptors (Lipinski definition) is 4. The van der Waals surface area contributed by atoms with E-state index in [0.29, 0.717) is 22.8 Å². The first kappa shape index (κ1) is 21.1. The van der Waals surface area contributed by atoms with Crippen molar-refractivity contribution in [3.8, 4) is 0 Å². The van der Waals surface area contributed by atoms with Crippen molar-refractivity contribution in [2.45, 2.75) is 64.7 Å². The predicted molar refractivity (Wildman–Crippen MR) is 112 cm³/mol. The summed E-state index contributed by atoms with van der Waals surface area (Å²) in [6.07, 6.45) is 11.8. The SMILES string of the molecule is CCCCCCCCCCC(=O)Nc1cccc(C(=O)Nc2nccs2)c1. The van der Waals surface area contributed by atoms with Crippen molar-refractivity contribution in [2.24, 2.45) is 0 Å². The van der Waals surface area contributed by atoms with Crippen LogP contribution in [0.5, 0.6) is 0 Å². The van der Waals surface area contributed by atoms with Gasteiger partial charge in [-0.1, -0.05) is 57.9 Å². The second kappa shape index (κ2) is 12.2. The van der Waals surface area contributed by atoms with E-state index in [1.807, 2.05) is 0 Å². The van der Waals surface area contributed by atoms with E-state index in [-0.39, 0.29) is 11.8 Å². The van der Waals surface area contributed by atoms with Crippen LogP contribution in [0, 0.1) is 0 Å². The van der Waals surface area contributed by atoms with Gasteiger partial charge < -0.3 is 5.32 Å². The van der Waals surface area contributed by atoms with Crippen molar-refractivity contribution in [3.63, 3.8) is 0 Å². The molecule has 2 amide bonds. The normalized spacial score (nSPS) is 10.6. The van der Waals surface area contributed by atoms with E-state index in [9.17, 15) is 9.59 Å². The molecule has 6 heteroatoms. The highest BCUT2D eigenvalue weighted by atomic mass is 32.1. The molecule has 0 fully saturated rings. The average Bonchev–Trinajstić information content (AvgIpc) is 3.17. The molecule has 2 rings (SSSR count). The standard InChI is InChI=1S/C21H29N3O2S/c1-2-3-4-5-6-7-8-9-13-19(25)23-18-12-10-11-17(16-18)20(26)24-21-22-14-15-27-21/h10-12,14-16H,2-9,13H2,1H3,(H,23,25)(H,22,24,26). The molecule has 1 aromatic heterocycles. The molecule has 0 bridgehead atoms. The molecule has 5 nitrogen and oxygen atoms in total. The van der Waals surface area contributed by atoms with E-state index in [1.54, 1.807) is 35.8 Å². The maximum atomic E-state index is 12.2. The molecule has 0 aliphatic rings. The van der Waals surface area contributed by atoms with Crippen molar-refractivity contribution < 1.29 is 9.59 Å². The van der Waals surface area contributed by atoms with Crippen LogP contribution in [-0.2, 0) is 4.79 Å². The molecular formula is C21H29N3O2S. The number of benzene rings is 1. The number of unbranched alkanes of at least 4 members (excludes halogenated alkanes) is 7. The molecule has 0 spiro atoms. The Labute approximate surface area is 165 Å². The lowest BCUT2D eigenvalue weighted by molar-refractivity contribution is -0.116. The summed E-state index contributed by atoms with van der Waals surface area (Å²) in [6, 6.07) is 6.97. The number of rotatable bonds is 12. The quantitative estimate of drug-likeness (QED) is 0.448. The summed E-state index contributed by atoms with van der Waals surface area (Å²) in [7, 11) is 0. The van der Waals surface area contributed by atoms with Gasteiger partial charge in [-0.25, -0.2) is 4.98 Å². The van der Waals surface area contributed by atoms with E-state index in [1.165, 1.54) is 49.9 Å². The number of anilines is 2. The number of carbonyl (C=O) groups is 2. The first-order valence-electron chi connectivity index (χ1n) is 9.80. The van der Waals surface area contributed by atoms with Gasteiger partial charge in [0, 0.05) is 29.2 Å². The number of thiazole rings is 1. The van der Waals surface area contributed by atoms with Crippen LogP contribution in [0.1, 0.15) is 75.1 Å². The molecule has 2 N–H and O–H groups in total. The summed E-state index contributed by atoms with van der Waals surface area (Å²) >= 11 is 1.37. The number of nitrogens with zero attached hydrogens (tertiary/aromatic N) is 1. The van der Waals surface area contributed by atoms with Gasteiger partial charge in [-0.15, -0.1) is 11.3 Å². The van der Waals surface area contributed by atoms with Gasteiger partial charge in [-0.3, -0.25) is 14.9 Å². The summed E-state index contributed by atoms with van der Waals surface area (Å²) in [5, 5.41) is 7.99. The fourth-order valence-electron chi connectivity index (χ4n) is 2.84. The van der Waals surface area contributed by atoms with Gasteiger partial charge in [-0.2, -0.15) is 0 Å². The molecule has 0 unspecified atom stereocenters. The molecule has 0 radical (unpaired) electrons. The van der Waals surface area contributed by atoms with Crippen molar-refractivity contribution in [1.82, 2.24) is 4.98 Å². The molecule has 1 heterocycles. The minimum absolute atomic E-state index is 0.00142. The molecule has 27 heavy (non-hydrogen) atoms. The Morgan fingerprint density at radius 3 is 2.44 bits per heavy atom. The van der Waals surface area contributed by atoms with E-state index in [0.717, 1.165) is 12.8 Å². The topological polar surface area (TPSA) is 71.1 Å². The van der Waals surface area contributed by atoms with Gasteiger partial charge in [-0.05, 0) is 24.6 Å². The first-order valence-corrected chi connectivity index (χ1v) is 10.7. The monoisotopic (exact) mass is 387 g/mol. The number of nitrogens with one attached hydrogen (secondary N) is 2. The summed E-state index contributed by atoms with van der Waals surface area (Å²) in [4.78, 5) is 28.4. The fourth-order valence-corrected chi connectivity index (χ4v) is 3.36. The van der Waals surface area contributed by atoms with Crippen LogP contribution in [0.25, 0.3) is 0 Å². The molecule has 0 saturated carbocycles. The van der Waals surface area contributed by atoms with Gasteiger partial charge in [0.2, 0.25) is 5.91 Å². The van der Waals surface area contributed by atoms with Crippen LogP contribution < -0.4 is 10.6 Å². The number of aromatic nitrogens is 1. The Morgan fingerprint density at radius 2 is 1.74 bits per heavy atom. The highest BCUT2D eigenvalue weighted by Gasteiger charge is 2.09. The lowest BCUT2D eigenvalue weighted by Gasteiger charge is -2.07. The van der Waals surface area contributed by atoms with Gasteiger partial charge in [0.05, 0.1) is 0 Å². The molecule has 0 aliphatic heterocycles. The molecule has 0 aliphatic carbocycles. The highest BCUT2D eigenvalue weighted by Crippen LogP contribution is 2.16. The van der Waals surface area contributed by atoms with Crippen molar-refractivity contribution in [1.29, 1.82) is 0 Å². The highest BCUT2D eigenvalue weighted by molar-refractivity contribution is 7.13. The zero-order valence-electron chi connectivity index (χ0n) is 16.0. The zero-order chi connectivity index (χ0) is 19.3. The third kappa shape index (κ3) is 8.35. The minimum Gasteiger partial charge on any atom is -0.326 e. The summed E-state index contributed by atoms with van der Waals surface area (Å²) in [5.41, 5.74) is 1.14. The van der Waals surface area contributed by atoms with E-state index < -0.39 is 0 Å². The second-order valence-corrected chi connectivity index (χ2v) is 7.54. The minimum atomic E-state index is -0.232. The Hall–Kier alpha value is -2.21. The average molecular weight is 388 g/mol. The molecule has 0 atom stereocenters. The maximum absolute atomic E-state index is 12.2. The van der Waals surface area contributed by atoms with Crippen LogP contribution >= 0.6 is 11.3 Å². The fraction of sp³-hybridized carbons (Fsp3) is 0.476. The van der Waals surface area contributed by atoms with Gasteiger partial charge in [0.1, 0.15) is 0 Å². The number of carbonyl (C=O) groups excluding carboxylic acids is 2. The van der Waals surface area contributed by atoms with Crippen molar-refractivity contribution >= 4 is 34.0 Å². The van der Waals surface area contributed by atoms with Crippen LogP contribution in [0.15, 0.2) is 35.8 Å². The summed E-state index contributed by atoms with van der Waals surface area (Å²) < 4.78 is 0.